The summed E-state index contributed by atoms with van der Waals surface area (Å²) in [7, 11) is 0. The molecule has 0 fully saturated rings. The highest BCUT2D eigenvalue weighted by Gasteiger charge is 2.12. The van der Waals surface area contributed by atoms with Crippen molar-refractivity contribution in [1.82, 2.24) is 10.6 Å². The van der Waals surface area contributed by atoms with Crippen LogP contribution in [0.25, 0.3) is 0 Å². The molecule has 2 rings (SSSR count). The van der Waals surface area contributed by atoms with Crippen LogP contribution in [0.2, 0.25) is 0 Å². The summed E-state index contributed by atoms with van der Waals surface area (Å²) in [5.41, 5.74) is 1.92. The zero-order chi connectivity index (χ0) is 9.97. The Kier molecular flexibility index (Phi) is 2.85. The van der Waals surface area contributed by atoms with Crippen LogP contribution in [0.3, 0.4) is 0 Å². The van der Waals surface area contributed by atoms with E-state index in [1.807, 2.05) is 36.7 Å². The predicted octanol–water partition coefficient (Wildman–Crippen LogP) is 2.20. The second-order valence-electron chi connectivity index (χ2n) is 3.06. The van der Waals surface area contributed by atoms with E-state index < -0.39 is 0 Å². The molecule has 0 bridgehead atoms. The van der Waals surface area contributed by atoms with Crippen molar-refractivity contribution >= 4 is 23.2 Å². The number of rotatable bonds is 1. The first-order valence-electron chi connectivity index (χ1n) is 4.34. The summed E-state index contributed by atoms with van der Waals surface area (Å²) in [5, 5.41) is 6.10. The van der Waals surface area contributed by atoms with Gasteiger partial charge in [-0.15, -0.1) is 23.2 Å². The van der Waals surface area contributed by atoms with Crippen molar-refractivity contribution in [1.29, 1.82) is 0 Å². The van der Waals surface area contributed by atoms with Crippen molar-refractivity contribution in [2.24, 2.45) is 0 Å². The second-order valence-corrected chi connectivity index (χ2v) is 4.06. The van der Waals surface area contributed by atoms with Crippen LogP contribution in [-0.4, -0.2) is 10.8 Å². The maximum Gasteiger partial charge on any atom is 0.0737 e. The topological polar surface area (TPSA) is 24.1 Å². The highest BCUT2D eigenvalue weighted by Crippen LogP contribution is 2.17. The standard InChI is InChI=1S/C10H10Cl2N2/c11-7-1-3-13-9(5-7)10-6-8(12)2-4-14-10/h1-8,13-14H. The molecular formula is C10H10Cl2N2. The average molecular weight is 229 g/mol. The fraction of sp³-hybridized carbons (Fsp3) is 0.200. The zero-order valence-corrected chi connectivity index (χ0v) is 8.89. The molecule has 2 atom stereocenters. The van der Waals surface area contributed by atoms with Gasteiger partial charge in [-0.3, -0.25) is 0 Å². The van der Waals surface area contributed by atoms with E-state index in [4.69, 9.17) is 23.2 Å². The summed E-state index contributed by atoms with van der Waals surface area (Å²) in [6.07, 6.45) is 11.3. The number of hydrogen-bond donors (Lipinski definition) is 2. The molecule has 0 aromatic carbocycles. The molecule has 0 aromatic rings. The summed E-state index contributed by atoms with van der Waals surface area (Å²) in [6, 6.07) is 0. The summed E-state index contributed by atoms with van der Waals surface area (Å²) in [6.45, 7) is 0. The molecule has 2 N–H and O–H groups in total. The lowest BCUT2D eigenvalue weighted by molar-refractivity contribution is 0.919. The van der Waals surface area contributed by atoms with Crippen molar-refractivity contribution in [3.8, 4) is 0 Å². The minimum atomic E-state index is -0.0615. The molecular weight excluding hydrogens is 219 g/mol. The number of dihydropyridines is 2. The van der Waals surface area contributed by atoms with Crippen molar-refractivity contribution in [3.05, 3.63) is 48.1 Å². The third kappa shape index (κ3) is 2.14. The van der Waals surface area contributed by atoms with E-state index in [0.717, 1.165) is 11.4 Å². The third-order valence-corrected chi connectivity index (χ3v) is 2.52. The Morgan fingerprint density at radius 1 is 0.857 bits per heavy atom. The van der Waals surface area contributed by atoms with Crippen LogP contribution in [0.1, 0.15) is 0 Å². The van der Waals surface area contributed by atoms with E-state index >= 15 is 0 Å². The summed E-state index contributed by atoms with van der Waals surface area (Å²) in [4.78, 5) is 0. The largest absolute Gasteiger partial charge is 0.360 e. The van der Waals surface area contributed by atoms with Gasteiger partial charge in [0.15, 0.2) is 0 Å². The van der Waals surface area contributed by atoms with Crippen LogP contribution in [0, 0.1) is 0 Å². The minimum absolute atomic E-state index is 0.0615. The van der Waals surface area contributed by atoms with Crippen LogP contribution in [0.15, 0.2) is 48.1 Å². The molecule has 0 radical (unpaired) electrons. The van der Waals surface area contributed by atoms with Gasteiger partial charge in [0, 0.05) is 0 Å². The van der Waals surface area contributed by atoms with Gasteiger partial charge in [-0.2, -0.15) is 0 Å². The van der Waals surface area contributed by atoms with E-state index in [-0.39, 0.29) is 10.8 Å². The Morgan fingerprint density at radius 2 is 1.29 bits per heavy atom. The number of hydrogen-bond acceptors (Lipinski definition) is 2. The smallest absolute Gasteiger partial charge is 0.0737 e. The molecule has 2 unspecified atom stereocenters. The zero-order valence-electron chi connectivity index (χ0n) is 7.37. The van der Waals surface area contributed by atoms with Gasteiger partial charge in [0.25, 0.3) is 0 Å². The van der Waals surface area contributed by atoms with Gasteiger partial charge < -0.3 is 10.6 Å². The van der Waals surface area contributed by atoms with Gasteiger partial charge in [-0.05, 0) is 36.7 Å². The van der Waals surface area contributed by atoms with E-state index in [2.05, 4.69) is 10.6 Å². The van der Waals surface area contributed by atoms with Crippen LogP contribution in [0.4, 0.5) is 0 Å². The van der Waals surface area contributed by atoms with E-state index in [1.165, 1.54) is 0 Å². The highest BCUT2D eigenvalue weighted by molar-refractivity contribution is 6.23. The molecule has 2 aliphatic heterocycles. The summed E-state index contributed by atoms with van der Waals surface area (Å²) in [5.74, 6) is 0. The van der Waals surface area contributed by atoms with Crippen LogP contribution in [-0.2, 0) is 0 Å². The SMILES string of the molecule is ClC1C=CNC(C2=CC(Cl)C=CN2)=C1. The van der Waals surface area contributed by atoms with E-state index in [9.17, 15) is 0 Å². The Bertz CT molecular complexity index is 308. The molecule has 2 nitrogen and oxygen atoms in total. The second kappa shape index (κ2) is 4.11. The van der Waals surface area contributed by atoms with Gasteiger partial charge >= 0.3 is 0 Å². The Labute approximate surface area is 93.0 Å². The summed E-state index contributed by atoms with van der Waals surface area (Å²) < 4.78 is 0. The van der Waals surface area contributed by atoms with Gasteiger partial charge in [0.1, 0.15) is 0 Å². The molecule has 2 heterocycles. The van der Waals surface area contributed by atoms with Crippen LogP contribution < -0.4 is 10.6 Å². The van der Waals surface area contributed by atoms with Crippen molar-refractivity contribution in [3.63, 3.8) is 0 Å². The summed E-state index contributed by atoms with van der Waals surface area (Å²) >= 11 is 11.9. The quantitative estimate of drug-likeness (QED) is 0.673. The minimum Gasteiger partial charge on any atom is -0.360 e. The molecule has 0 aromatic heterocycles. The lowest BCUT2D eigenvalue weighted by Gasteiger charge is -2.19. The van der Waals surface area contributed by atoms with E-state index in [0.29, 0.717) is 0 Å². The predicted molar refractivity (Wildman–Crippen MR) is 60.0 cm³/mol. The third-order valence-electron chi connectivity index (χ3n) is 1.98. The Hall–Kier alpha value is -0.860. The maximum atomic E-state index is 5.96. The Balaban J connectivity index is 2.16. The van der Waals surface area contributed by atoms with Crippen LogP contribution in [0.5, 0.6) is 0 Å². The molecule has 0 saturated carbocycles. The Morgan fingerprint density at radius 3 is 1.64 bits per heavy atom. The molecule has 4 heteroatoms. The van der Waals surface area contributed by atoms with Gasteiger partial charge in [-0.1, -0.05) is 0 Å². The number of halogens is 2. The molecule has 0 aliphatic carbocycles. The molecule has 14 heavy (non-hydrogen) atoms. The fourth-order valence-electron chi connectivity index (χ4n) is 1.32. The van der Waals surface area contributed by atoms with Crippen LogP contribution >= 0.6 is 23.2 Å². The maximum absolute atomic E-state index is 5.96. The van der Waals surface area contributed by atoms with E-state index in [1.54, 1.807) is 0 Å². The number of nitrogens with one attached hydrogen (secondary N) is 2. The average Bonchev–Trinajstić information content (AvgIpc) is 2.18. The number of alkyl halides is 2. The number of allylic oxidation sites excluding steroid dienone is 4. The first kappa shape index (κ1) is 9.69. The first-order chi connectivity index (χ1) is 6.75. The van der Waals surface area contributed by atoms with Gasteiger partial charge in [0.2, 0.25) is 0 Å². The highest BCUT2D eigenvalue weighted by atomic mass is 35.5. The monoisotopic (exact) mass is 228 g/mol. The molecule has 0 spiro atoms. The molecule has 0 amide bonds. The lowest BCUT2D eigenvalue weighted by atomic mass is 10.1. The lowest BCUT2D eigenvalue weighted by Crippen LogP contribution is -2.23. The van der Waals surface area contributed by atoms with Crippen molar-refractivity contribution < 1.29 is 0 Å². The van der Waals surface area contributed by atoms with Gasteiger partial charge in [-0.25, -0.2) is 0 Å². The molecule has 0 saturated heterocycles. The van der Waals surface area contributed by atoms with Crippen molar-refractivity contribution in [2.75, 3.05) is 0 Å². The first-order valence-corrected chi connectivity index (χ1v) is 5.21. The van der Waals surface area contributed by atoms with Crippen molar-refractivity contribution in [2.45, 2.75) is 10.8 Å². The molecule has 74 valence electrons. The fourth-order valence-corrected chi connectivity index (χ4v) is 1.72. The molecule has 2 aliphatic rings. The normalized spacial score (nSPS) is 30.1. The van der Waals surface area contributed by atoms with Gasteiger partial charge in [0.05, 0.1) is 22.1 Å².